The Hall–Kier alpha value is -1.95. The number of nitrogens with zero attached hydrogens (tertiary/aromatic N) is 3. The monoisotopic (exact) mass is 218 g/mol. The van der Waals surface area contributed by atoms with Crippen LogP contribution in [0.4, 0.5) is 5.82 Å². The summed E-state index contributed by atoms with van der Waals surface area (Å²) < 4.78 is 5.63. The van der Waals surface area contributed by atoms with Crippen LogP contribution in [0.25, 0.3) is 20.9 Å². The molecule has 0 fully saturated rings. The second kappa shape index (κ2) is 3.03. The second-order valence-electron chi connectivity index (χ2n) is 2.98. The van der Waals surface area contributed by atoms with Crippen LogP contribution in [-0.2, 0) is 0 Å². The van der Waals surface area contributed by atoms with E-state index in [0.717, 1.165) is 15.2 Å². The minimum Gasteiger partial charge on any atom is -0.379 e. The smallest absolute Gasteiger partial charge is 0.198 e. The summed E-state index contributed by atoms with van der Waals surface area (Å²) in [5.74, 6) is 0.272. The predicted octanol–water partition coefficient (Wildman–Crippen LogP) is 1.93. The highest BCUT2D eigenvalue weighted by Crippen LogP contribution is 2.30. The maximum atomic E-state index is 5.59. The standard InChI is InChI=1S/C9H6N4OS/c10-8-7(12-14-13-8)9-11-5-3-1-2-4-6(5)15-9/h1-4H,(H2,10,13). The molecule has 0 bridgehead atoms. The zero-order valence-electron chi connectivity index (χ0n) is 7.54. The van der Waals surface area contributed by atoms with Crippen molar-refractivity contribution < 1.29 is 4.63 Å². The number of fused-ring (bicyclic) bond motifs is 1. The zero-order valence-corrected chi connectivity index (χ0v) is 8.36. The molecule has 0 saturated carbocycles. The first kappa shape index (κ1) is 8.37. The van der Waals surface area contributed by atoms with Crippen molar-refractivity contribution in [3.8, 4) is 10.7 Å². The summed E-state index contributed by atoms with van der Waals surface area (Å²) in [4.78, 5) is 4.39. The van der Waals surface area contributed by atoms with Gasteiger partial charge in [0.25, 0.3) is 0 Å². The molecule has 0 aliphatic rings. The van der Waals surface area contributed by atoms with Crippen molar-refractivity contribution in [1.29, 1.82) is 0 Å². The zero-order chi connectivity index (χ0) is 10.3. The van der Waals surface area contributed by atoms with Gasteiger partial charge in [-0.1, -0.05) is 12.1 Å². The highest BCUT2D eigenvalue weighted by Gasteiger charge is 2.13. The Bertz CT molecular complexity index is 582. The average Bonchev–Trinajstić information content (AvgIpc) is 2.82. The van der Waals surface area contributed by atoms with Gasteiger partial charge in [-0.3, -0.25) is 0 Å². The molecule has 74 valence electrons. The van der Waals surface area contributed by atoms with Crippen molar-refractivity contribution in [1.82, 2.24) is 15.3 Å². The summed E-state index contributed by atoms with van der Waals surface area (Å²) in [6, 6.07) is 7.85. The summed E-state index contributed by atoms with van der Waals surface area (Å²) in [6.45, 7) is 0. The molecule has 2 N–H and O–H groups in total. The molecule has 0 radical (unpaired) electrons. The van der Waals surface area contributed by atoms with E-state index in [0.29, 0.717) is 5.69 Å². The fraction of sp³-hybridized carbons (Fsp3) is 0. The van der Waals surface area contributed by atoms with Crippen molar-refractivity contribution in [3.63, 3.8) is 0 Å². The van der Waals surface area contributed by atoms with Gasteiger partial charge in [-0.15, -0.1) is 11.3 Å². The number of nitrogens with two attached hydrogens (primary N) is 1. The highest BCUT2D eigenvalue weighted by molar-refractivity contribution is 7.21. The largest absolute Gasteiger partial charge is 0.379 e. The summed E-state index contributed by atoms with van der Waals surface area (Å²) >= 11 is 1.52. The van der Waals surface area contributed by atoms with E-state index in [-0.39, 0.29) is 5.82 Å². The van der Waals surface area contributed by atoms with Crippen molar-refractivity contribution in [2.75, 3.05) is 5.73 Å². The molecule has 5 nitrogen and oxygen atoms in total. The lowest BCUT2D eigenvalue weighted by atomic mass is 10.3. The van der Waals surface area contributed by atoms with Gasteiger partial charge in [0.15, 0.2) is 16.5 Å². The average molecular weight is 218 g/mol. The van der Waals surface area contributed by atoms with Gasteiger partial charge in [0, 0.05) is 0 Å². The maximum absolute atomic E-state index is 5.59. The SMILES string of the molecule is Nc1nonc1-c1nc2ccccc2s1. The normalized spacial score (nSPS) is 10.9. The Morgan fingerprint density at radius 2 is 2.07 bits per heavy atom. The molecule has 0 aliphatic carbocycles. The predicted molar refractivity (Wildman–Crippen MR) is 57.3 cm³/mol. The van der Waals surface area contributed by atoms with Crippen LogP contribution in [0.3, 0.4) is 0 Å². The Balaban J connectivity index is 2.24. The van der Waals surface area contributed by atoms with E-state index in [1.54, 1.807) is 0 Å². The van der Waals surface area contributed by atoms with E-state index in [4.69, 9.17) is 5.73 Å². The molecule has 0 aliphatic heterocycles. The number of anilines is 1. The second-order valence-corrected chi connectivity index (χ2v) is 4.02. The van der Waals surface area contributed by atoms with Crippen LogP contribution < -0.4 is 5.73 Å². The van der Waals surface area contributed by atoms with Crippen LogP contribution in [0, 0.1) is 0 Å². The van der Waals surface area contributed by atoms with Crippen LogP contribution in [0.2, 0.25) is 0 Å². The molecular weight excluding hydrogens is 212 g/mol. The lowest BCUT2D eigenvalue weighted by Gasteiger charge is -1.84. The van der Waals surface area contributed by atoms with Crippen molar-refractivity contribution in [2.24, 2.45) is 0 Å². The van der Waals surface area contributed by atoms with Gasteiger partial charge >= 0.3 is 0 Å². The number of para-hydroxylation sites is 1. The molecule has 2 aromatic heterocycles. The van der Waals surface area contributed by atoms with E-state index in [1.165, 1.54) is 11.3 Å². The van der Waals surface area contributed by atoms with Crippen LogP contribution >= 0.6 is 11.3 Å². The fourth-order valence-electron chi connectivity index (χ4n) is 1.32. The Morgan fingerprint density at radius 1 is 1.20 bits per heavy atom. The Labute approximate surface area is 88.5 Å². The molecule has 0 spiro atoms. The first-order valence-corrected chi connectivity index (χ1v) is 5.10. The number of thiazole rings is 1. The molecular formula is C9H6N4OS. The lowest BCUT2D eigenvalue weighted by molar-refractivity contribution is 0.310. The third-order valence-corrected chi connectivity index (χ3v) is 3.05. The van der Waals surface area contributed by atoms with E-state index in [2.05, 4.69) is 19.9 Å². The molecule has 2 heterocycles. The van der Waals surface area contributed by atoms with Gasteiger partial charge in [0.1, 0.15) is 0 Å². The molecule has 3 rings (SSSR count). The topological polar surface area (TPSA) is 77.8 Å². The van der Waals surface area contributed by atoms with Crippen LogP contribution in [0.5, 0.6) is 0 Å². The lowest BCUT2D eigenvalue weighted by Crippen LogP contribution is -1.87. The van der Waals surface area contributed by atoms with E-state index in [1.807, 2.05) is 24.3 Å². The van der Waals surface area contributed by atoms with E-state index < -0.39 is 0 Å². The number of hydrogen-bond acceptors (Lipinski definition) is 6. The van der Waals surface area contributed by atoms with Crippen molar-refractivity contribution in [2.45, 2.75) is 0 Å². The van der Waals surface area contributed by atoms with Crippen molar-refractivity contribution in [3.05, 3.63) is 24.3 Å². The van der Waals surface area contributed by atoms with Crippen LogP contribution in [-0.4, -0.2) is 15.3 Å². The van der Waals surface area contributed by atoms with Crippen LogP contribution in [0.15, 0.2) is 28.9 Å². The van der Waals surface area contributed by atoms with Gasteiger partial charge in [-0.2, -0.15) is 0 Å². The summed E-state index contributed by atoms with van der Waals surface area (Å²) in [6.07, 6.45) is 0. The molecule has 15 heavy (non-hydrogen) atoms. The van der Waals surface area contributed by atoms with Crippen LogP contribution in [0.1, 0.15) is 0 Å². The molecule has 0 atom stereocenters. The third-order valence-electron chi connectivity index (χ3n) is 2.01. The minimum absolute atomic E-state index is 0.272. The quantitative estimate of drug-likeness (QED) is 0.675. The molecule has 6 heteroatoms. The van der Waals surface area contributed by atoms with E-state index >= 15 is 0 Å². The molecule has 0 amide bonds. The molecule has 0 unspecified atom stereocenters. The summed E-state index contributed by atoms with van der Waals surface area (Å²) in [5, 5.41) is 7.97. The maximum Gasteiger partial charge on any atom is 0.198 e. The summed E-state index contributed by atoms with van der Waals surface area (Å²) in [7, 11) is 0. The van der Waals surface area contributed by atoms with Gasteiger partial charge in [0.05, 0.1) is 10.2 Å². The van der Waals surface area contributed by atoms with Gasteiger partial charge in [-0.25, -0.2) is 9.61 Å². The molecule has 1 aromatic carbocycles. The van der Waals surface area contributed by atoms with Crippen molar-refractivity contribution >= 4 is 27.4 Å². The fourth-order valence-corrected chi connectivity index (χ4v) is 2.27. The number of hydrogen-bond donors (Lipinski definition) is 1. The molecule has 3 aromatic rings. The Morgan fingerprint density at radius 3 is 2.80 bits per heavy atom. The first-order chi connectivity index (χ1) is 7.34. The number of aromatic nitrogens is 3. The van der Waals surface area contributed by atoms with E-state index in [9.17, 15) is 0 Å². The number of rotatable bonds is 1. The molecule has 0 saturated heterocycles. The van der Waals surface area contributed by atoms with Gasteiger partial charge < -0.3 is 5.73 Å². The number of nitrogen functional groups attached to an aromatic ring is 1. The van der Waals surface area contributed by atoms with Gasteiger partial charge in [0.2, 0.25) is 0 Å². The number of benzene rings is 1. The van der Waals surface area contributed by atoms with Gasteiger partial charge in [-0.05, 0) is 22.4 Å². The Kier molecular flexibility index (Phi) is 1.69. The third kappa shape index (κ3) is 1.26. The minimum atomic E-state index is 0.272. The highest BCUT2D eigenvalue weighted by atomic mass is 32.1. The summed E-state index contributed by atoms with van der Waals surface area (Å²) in [5.41, 5.74) is 7.03. The first-order valence-electron chi connectivity index (χ1n) is 4.28.